The molecule has 0 spiro atoms. The molecule has 4 heteroatoms. The minimum absolute atomic E-state index is 0.0974. The Kier molecular flexibility index (Phi) is 3.42. The van der Waals surface area contributed by atoms with Gasteiger partial charge >= 0.3 is 5.97 Å². The van der Waals surface area contributed by atoms with Crippen LogP contribution in [0.15, 0.2) is 30.5 Å². The van der Waals surface area contributed by atoms with Crippen LogP contribution in [0.5, 0.6) is 5.75 Å². The molecule has 2 aromatic rings. The number of rotatable bonds is 4. The maximum absolute atomic E-state index is 11.3. The zero-order chi connectivity index (χ0) is 14.0. The third-order valence-electron chi connectivity index (χ3n) is 3.19. The number of nitrogens with zero attached hydrogens (tertiary/aromatic N) is 1. The summed E-state index contributed by atoms with van der Waals surface area (Å²) in [5, 5.41) is 10.0. The average Bonchev–Trinajstić information content (AvgIpc) is 2.38. The molecule has 19 heavy (non-hydrogen) atoms. The van der Waals surface area contributed by atoms with Gasteiger partial charge in [-0.3, -0.25) is 4.98 Å². The number of aromatic carboxylic acids is 1. The summed E-state index contributed by atoms with van der Waals surface area (Å²) < 4.78 is 5.94. The maximum atomic E-state index is 11.3. The number of fused-ring (bicyclic) bond motifs is 1. The summed E-state index contributed by atoms with van der Waals surface area (Å²) >= 11 is 0. The summed E-state index contributed by atoms with van der Waals surface area (Å²) in [5.74, 6) is -0.634. The number of carbonyl (C=O) groups is 1. The lowest BCUT2D eigenvalue weighted by Gasteiger charge is -2.26. The van der Waals surface area contributed by atoms with E-state index in [-0.39, 0.29) is 5.56 Å². The van der Waals surface area contributed by atoms with E-state index in [4.69, 9.17) is 4.74 Å². The van der Waals surface area contributed by atoms with Crippen LogP contribution in [-0.2, 0) is 0 Å². The number of para-hydroxylation sites is 1. The van der Waals surface area contributed by atoms with Crippen LogP contribution < -0.4 is 4.74 Å². The second kappa shape index (κ2) is 4.88. The van der Waals surface area contributed by atoms with Crippen LogP contribution in [0, 0.1) is 0 Å². The van der Waals surface area contributed by atoms with Gasteiger partial charge in [0.05, 0.1) is 5.52 Å². The third kappa shape index (κ3) is 2.67. The Morgan fingerprint density at radius 3 is 2.68 bits per heavy atom. The predicted octanol–water partition coefficient (Wildman–Crippen LogP) is 3.50. The lowest BCUT2D eigenvalue weighted by atomic mass is 10.1. The zero-order valence-electron chi connectivity index (χ0n) is 11.3. The van der Waals surface area contributed by atoms with Crippen molar-refractivity contribution in [1.82, 2.24) is 4.98 Å². The van der Waals surface area contributed by atoms with E-state index in [1.54, 1.807) is 0 Å². The molecule has 0 saturated heterocycles. The number of ether oxygens (including phenoxy) is 1. The minimum Gasteiger partial charge on any atom is -0.486 e. The van der Waals surface area contributed by atoms with Crippen LogP contribution in [0.4, 0.5) is 0 Å². The first kappa shape index (κ1) is 13.3. The first-order valence-electron chi connectivity index (χ1n) is 6.24. The Balaban J connectivity index is 2.66. The molecule has 0 aliphatic rings. The lowest BCUT2D eigenvalue weighted by molar-refractivity contribution is 0.0673. The van der Waals surface area contributed by atoms with Crippen molar-refractivity contribution in [3.8, 4) is 5.75 Å². The third-order valence-corrected chi connectivity index (χ3v) is 3.19. The van der Waals surface area contributed by atoms with E-state index >= 15 is 0 Å². The number of aromatic nitrogens is 1. The molecule has 0 aliphatic heterocycles. The molecule has 1 aromatic heterocycles. The molecular formula is C15H17NO3. The summed E-state index contributed by atoms with van der Waals surface area (Å²) in [6, 6.07) is 7.38. The minimum atomic E-state index is -1.03. The standard InChI is InChI=1S/C15H17NO3/c1-4-15(2,3)19-13-10-7-5-6-8-12(10)16-9-11(13)14(17)18/h5-9H,4H2,1-3H3,(H,17,18). The molecule has 0 radical (unpaired) electrons. The van der Waals surface area contributed by atoms with E-state index in [9.17, 15) is 9.90 Å². The van der Waals surface area contributed by atoms with E-state index in [2.05, 4.69) is 4.98 Å². The Morgan fingerprint density at radius 2 is 2.05 bits per heavy atom. The molecule has 0 saturated carbocycles. The molecule has 1 heterocycles. The fourth-order valence-electron chi connectivity index (χ4n) is 1.73. The van der Waals surface area contributed by atoms with Crippen LogP contribution in [0.3, 0.4) is 0 Å². The molecule has 4 nitrogen and oxygen atoms in total. The van der Waals surface area contributed by atoms with Crippen LogP contribution in [0.25, 0.3) is 10.9 Å². The molecule has 2 rings (SSSR count). The van der Waals surface area contributed by atoms with Crippen LogP contribution >= 0.6 is 0 Å². The summed E-state index contributed by atoms with van der Waals surface area (Å²) in [5.41, 5.74) is 0.406. The van der Waals surface area contributed by atoms with E-state index in [0.717, 1.165) is 17.3 Å². The number of hydrogen-bond acceptors (Lipinski definition) is 3. The van der Waals surface area contributed by atoms with E-state index in [1.807, 2.05) is 45.0 Å². The molecule has 0 fully saturated rings. The van der Waals surface area contributed by atoms with Crippen molar-refractivity contribution < 1.29 is 14.6 Å². The van der Waals surface area contributed by atoms with Crippen LogP contribution in [0.1, 0.15) is 37.6 Å². The number of carboxylic acids is 1. The smallest absolute Gasteiger partial charge is 0.341 e. The highest BCUT2D eigenvalue weighted by molar-refractivity contribution is 5.98. The van der Waals surface area contributed by atoms with Crippen molar-refractivity contribution in [2.24, 2.45) is 0 Å². The number of hydrogen-bond donors (Lipinski definition) is 1. The Morgan fingerprint density at radius 1 is 1.37 bits per heavy atom. The maximum Gasteiger partial charge on any atom is 0.341 e. The fraction of sp³-hybridized carbons (Fsp3) is 0.333. The van der Waals surface area contributed by atoms with Gasteiger partial charge in [-0.15, -0.1) is 0 Å². The van der Waals surface area contributed by atoms with Gasteiger partial charge in [-0.1, -0.05) is 19.1 Å². The van der Waals surface area contributed by atoms with Gasteiger partial charge in [0, 0.05) is 11.6 Å². The number of pyridine rings is 1. The number of carboxylic acid groups (broad SMARTS) is 1. The molecule has 1 aromatic carbocycles. The molecule has 0 bridgehead atoms. The Hall–Kier alpha value is -2.10. The lowest BCUT2D eigenvalue weighted by Crippen LogP contribution is -2.28. The van der Waals surface area contributed by atoms with Gasteiger partial charge in [0.1, 0.15) is 16.9 Å². The van der Waals surface area contributed by atoms with E-state index in [1.165, 1.54) is 6.20 Å². The largest absolute Gasteiger partial charge is 0.486 e. The Labute approximate surface area is 112 Å². The summed E-state index contributed by atoms with van der Waals surface area (Å²) in [4.78, 5) is 15.5. The van der Waals surface area contributed by atoms with Crippen LogP contribution in [0.2, 0.25) is 0 Å². The van der Waals surface area contributed by atoms with E-state index < -0.39 is 11.6 Å². The van der Waals surface area contributed by atoms with Crippen molar-refractivity contribution in [3.63, 3.8) is 0 Å². The monoisotopic (exact) mass is 259 g/mol. The van der Waals surface area contributed by atoms with Gasteiger partial charge in [0.15, 0.2) is 0 Å². The zero-order valence-corrected chi connectivity index (χ0v) is 11.3. The normalized spacial score (nSPS) is 11.5. The van der Waals surface area contributed by atoms with E-state index in [0.29, 0.717) is 5.75 Å². The number of benzene rings is 1. The van der Waals surface area contributed by atoms with Gasteiger partial charge in [-0.25, -0.2) is 4.79 Å². The van der Waals surface area contributed by atoms with Crippen LogP contribution in [-0.4, -0.2) is 21.7 Å². The highest BCUT2D eigenvalue weighted by Gasteiger charge is 2.23. The molecule has 1 N–H and O–H groups in total. The first-order valence-corrected chi connectivity index (χ1v) is 6.24. The van der Waals surface area contributed by atoms with Crippen molar-refractivity contribution >= 4 is 16.9 Å². The Bertz CT molecular complexity index is 620. The summed E-state index contributed by atoms with van der Waals surface area (Å²) in [7, 11) is 0. The molecule has 0 amide bonds. The van der Waals surface area contributed by atoms with Crippen molar-refractivity contribution in [2.45, 2.75) is 32.8 Å². The SMILES string of the molecule is CCC(C)(C)Oc1c(C(=O)O)cnc2ccccc12. The first-order chi connectivity index (χ1) is 8.94. The molecule has 0 atom stereocenters. The molecule has 0 unspecified atom stereocenters. The van der Waals surface area contributed by atoms with Gasteiger partial charge < -0.3 is 9.84 Å². The average molecular weight is 259 g/mol. The summed E-state index contributed by atoms with van der Waals surface area (Å²) in [6.45, 7) is 5.88. The molecular weight excluding hydrogens is 242 g/mol. The van der Waals surface area contributed by atoms with Gasteiger partial charge in [0.25, 0.3) is 0 Å². The fourth-order valence-corrected chi connectivity index (χ4v) is 1.73. The van der Waals surface area contributed by atoms with Crippen molar-refractivity contribution in [1.29, 1.82) is 0 Å². The van der Waals surface area contributed by atoms with Gasteiger partial charge in [0.2, 0.25) is 0 Å². The van der Waals surface area contributed by atoms with Crippen molar-refractivity contribution in [2.75, 3.05) is 0 Å². The molecule has 100 valence electrons. The second-order valence-corrected chi connectivity index (χ2v) is 5.04. The second-order valence-electron chi connectivity index (χ2n) is 5.04. The summed E-state index contributed by atoms with van der Waals surface area (Å²) in [6.07, 6.45) is 2.13. The highest BCUT2D eigenvalue weighted by Crippen LogP contribution is 2.32. The van der Waals surface area contributed by atoms with Gasteiger partial charge in [-0.05, 0) is 32.4 Å². The quantitative estimate of drug-likeness (QED) is 0.912. The predicted molar refractivity (Wildman–Crippen MR) is 73.7 cm³/mol. The molecule has 0 aliphatic carbocycles. The van der Waals surface area contributed by atoms with Crippen molar-refractivity contribution in [3.05, 3.63) is 36.0 Å². The van der Waals surface area contributed by atoms with Gasteiger partial charge in [-0.2, -0.15) is 0 Å². The topological polar surface area (TPSA) is 59.4 Å². The highest BCUT2D eigenvalue weighted by atomic mass is 16.5.